The zero-order chi connectivity index (χ0) is 16.8. The lowest BCUT2D eigenvalue weighted by molar-refractivity contribution is -0.114. The van der Waals surface area contributed by atoms with E-state index in [4.69, 9.17) is 9.15 Å². The molecule has 0 atom stereocenters. The number of carbonyl (C=O) groups is 1. The van der Waals surface area contributed by atoms with Gasteiger partial charge < -0.3 is 9.15 Å². The van der Waals surface area contributed by atoms with Gasteiger partial charge in [0.1, 0.15) is 17.9 Å². The molecule has 2 aromatic rings. The molecule has 1 heterocycles. The lowest BCUT2D eigenvalue weighted by Crippen LogP contribution is -1.99. The number of carbonyl (C=O) groups excluding carboxylic acids is 1. The van der Waals surface area contributed by atoms with Crippen LogP contribution in [0.25, 0.3) is 11.0 Å². The number of fused-ring (bicyclic) bond motifs is 1. The fourth-order valence-electron chi connectivity index (χ4n) is 2.13. The monoisotopic (exact) mass is 312 g/mol. The van der Waals surface area contributed by atoms with E-state index in [9.17, 15) is 9.59 Å². The topological polar surface area (TPSA) is 56.5 Å². The Balaban J connectivity index is 1.98. The molecule has 0 saturated heterocycles. The number of hydrogen-bond donors (Lipinski definition) is 0. The van der Waals surface area contributed by atoms with Gasteiger partial charge >= 0.3 is 5.63 Å². The summed E-state index contributed by atoms with van der Waals surface area (Å²) >= 11 is 0. The average Bonchev–Trinajstić information content (AvgIpc) is 2.45. The van der Waals surface area contributed by atoms with Crippen molar-refractivity contribution in [1.29, 1.82) is 0 Å². The molecule has 120 valence electrons. The lowest BCUT2D eigenvalue weighted by Gasteiger charge is -2.05. The summed E-state index contributed by atoms with van der Waals surface area (Å²) < 4.78 is 10.7. The minimum atomic E-state index is -0.386. The molecular formula is C19H20O4. The lowest BCUT2D eigenvalue weighted by atomic mass is 10.1. The average molecular weight is 312 g/mol. The minimum absolute atomic E-state index is 0.0891. The maximum atomic E-state index is 11.7. The van der Waals surface area contributed by atoms with E-state index in [1.807, 2.05) is 39.0 Å². The van der Waals surface area contributed by atoms with Crippen LogP contribution in [-0.2, 0) is 4.79 Å². The normalized spacial score (nSPS) is 11.3. The van der Waals surface area contributed by atoms with Gasteiger partial charge in [-0.25, -0.2) is 4.79 Å². The smallest absolute Gasteiger partial charge is 0.336 e. The maximum absolute atomic E-state index is 11.7. The molecule has 0 saturated carbocycles. The van der Waals surface area contributed by atoms with Gasteiger partial charge in [0.25, 0.3) is 0 Å². The Morgan fingerprint density at radius 3 is 2.65 bits per heavy atom. The highest BCUT2D eigenvalue weighted by molar-refractivity contribution is 5.91. The van der Waals surface area contributed by atoms with E-state index in [-0.39, 0.29) is 11.4 Å². The van der Waals surface area contributed by atoms with Gasteiger partial charge in [0.15, 0.2) is 5.78 Å². The van der Waals surface area contributed by atoms with Gasteiger partial charge in [-0.2, -0.15) is 0 Å². The molecular weight excluding hydrogens is 292 g/mol. The van der Waals surface area contributed by atoms with Crippen molar-refractivity contribution in [2.24, 2.45) is 0 Å². The molecule has 1 aromatic heterocycles. The first-order valence-electron chi connectivity index (χ1n) is 7.44. The van der Waals surface area contributed by atoms with Crippen molar-refractivity contribution >= 4 is 16.8 Å². The minimum Gasteiger partial charge on any atom is -0.489 e. The molecule has 0 amide bonds. The van der Waals surface area contributed by atoms with Crippen LogP contribution in [-0.4, -0.2) is 12.4 Å². The van der Waals surface area contributed by atoms with Gasteiger partial charge in [-0.1, -0.05) is 11.1 Å². The van der Waals surface area contributed by atoms with Crippen molar-refractivity contribution in [1.82, 2.24) is 0 Å². The Morgan fingerprint density at radius 2 is 1.91 bits per heavy atom. The molecule has 4 heteroatoms. The Hall–Kier alpha value is -2.62. The van der Waals surface area contributed by atoms with Crippen LogP contribution in [0.1, 0.15) is 27.2 Å². The first kappa shape index (κ1) is 16.7. The summed E-state index contributed by atoms with van der Waals surface area (Å²) in [4.78, 5) is 22.9. The first-order chi connectivity index (χ1) is 10.9. The highest BCUT2D eigenvalue weighted by Crippen LogP contribution is 2.19. The molecule has 0 aliphatic rings. The summed E-state index contributed by atoms with van der Waals surface area (Å²) in [6, 6.07) is 8.44. The third-order valence-electron chi connectivity index (χ3n) is 3.18. The molecule has 0 radical (unpaired) electrons. The molecule has 4 nitrogen and oxygen atoms in total. The molecule has 0 aliphatic heterocycles. The van der Waals surface area contributed by atoms with Crippen LogP contribution in [0.3, 0.4) is 0 Å². The van der Waals surface area contributed by atoms with Crippen LogP contribution < -0.4 is 10.4 Å². The molecule has 23 heavy (non-hydrogen) atoms. The van der Waals surface area contributed by atoms with Crippen LogP contribution in [0.15, 0.2) is 62.8 Å². The predicted molar refractivity (Wildman–Crippen MR) is 90.8 cm³/mol. The van der Waals surface area contributed by atoms with Crippen molar-refractivity contribution in [2.75, 3.05) is 6.61 Å². The zero-order valence-electron chi connectivity index (χ0n) is 13.6. The largest absolute Gasteiger partial charge is 0.489 e. The van der Waals surface area contributed by atoms with E-state index in [1.165, 1.54) is 6.07 Å². The van der Waals surface area contributed by atoms with E-state index >= 15 is 0 Å². The second-order valence-corrected chi connectivity index (χ2v) is 5.68. The quantitative estimate of drug-likeness (QED) is 0.459. The number of rotatable bonds is 6. The third kappa shape index (κ3) is 5.25. The standard InChI is InChI=1S/C19H20O4/c1-13(2)10-16(20)11-14(3)8-9-22-17-6-4-15-5-7-19(21)23-18(15)12-17/h4-8,10,12H,9,11H2,1-3H3/b14-8-. The van der Waals surface area contributed by atoms with E-state index in [2.05, 4.69) is 0 Å². The summed E-state index contributed by atoms with van der Waals surface area (Å²) in [5.74, 6) is 0.706. The Morgan fingerprint density at radius 1 is 1.17 bits per heavy atom. The highest BCUT2D eigenvalue weighted by atomic mass is 16.5. The van der Waals surface area contributed by atoms with Crippen LogP contribution in [0, 0.1) is 0 Å². The van der Waals surface area contributed by atoms with Crippen molar-refractivity contribution in [3.63, 3.8) is 0 Å². The van der Waals surface area contributed by atoms with Crippen molar-refractivity contribution in [3.05, 3.63) is 64.1 Å². The van der Waals surface area contributed by atoms with E-state index in [0.717, 1.165) is 16.5 Å². The fourth-order valence-corrected chi connectivity index (χ4v) is 2.13. The molecule has 0 fully saturated rings. The molecule has 1 aromatic carbocycles. The zero-order valence-corrected chi connectivity index (χ0v) is 13.6. The first-order valence-corrected chi connectivity index (χ1v) is 7.44. The molecule has 0 unspecified atom stereocenters. The third-order valence-corrected chi connectivity index (χ3v) is 3.18. The summed E-state index contributed by atoms with van der Waals surface area (Å²) in [6.07, 6.45) is 3.91. The summed E-state index contributed by atoms with van der Waals surface area (Å²) in [6.45, 7) is 6.06. The molecule has 0 spiro atoms. The highest BCUT2D eigenvalue weighted by Gasteiger charge is 2.01. The van der Waals surface area contributed by atoms with Gasteiger partial charge in [-0.15, -0.1) is 0 Å². The van der Waals surface area contributed by atoms with Gasteiger partial charge in [0, 0.05) is 23.9 Å². The molecule has 0 N–H and O–H groups in total. The number of ketones is 1. The van der Waals surface area contributed by atoms with E-state index in [0.29, 0.717) is 24.4 Å². The second kappa shape index (κ2) is 7.58. The molecule has 0 bridgehead atoms. The van der Waals surface area contributed by atoms with Crippen LogP contribution >= 0.6 is 0 Å². The fraction of sp³-hybridized carbons (Fsp3) is 0.263. The van der Waals surface area contributed by atoms with Crippen LogP contribution in [0.4, 0.5) is 0 Å². The predicted octanol–water partition coefficient (Wildman–Crippen LogP) is 4.04. The summed E-state index contributed by atoms with van der Waals surface area (Å²) in [5.41, 5.74) is 2.06. The van der Waals surface area contributed by atoms with Crippen LogP contribution in [0.2, 0.25) is 0 Å². The number of ether oxygens (including phenoxy) is 1. The SMILES string of the molecule is CC(C)=CC(=O)C/C(C)=C\COc1ccc2ccc(=O)oc2c1. The maximum Gasteiger partial charge on any atom is 0.336 e. The number of allylic oxidation sites excluding steroid dienone is 3. The summed E-state index contributed by atoms with van der Waals surface area (Å²) in [5, 5.41) is 0.844. The molecule has 0 aliphatic carbocycles. The van der Waals surface area contributed by atoms with Crippen LogP contribution in [0.5, 0.6) is 5.75 Å². The number of benzene rings is 1. The van der Waals surface area contributed by atoms with Crippen molar-refractivity contribution in [2.45, 2.75) is 27.2 Å². The van der Waals surface area contributed by atoms with E-state index in [1.54, 1.807) is 18.2 Å². The van der Waals surface area contributed by atoms with E-state index < -0.39 is 0 Å². The van der Waals surface area contributed by atoms with Gasteiger partial charge in [-0.05, 0) is 51.1 Å². The number of hydrogen-bond acceptors (Lipinski definition) is 4. The Labute approximate surface area is 135 Å². The van der Waals surface area contributed by atoms with Gasteiger partial charge in [-0.3, -0.25) is 4.79 Å². The van der Waals surface area contributed by atoms with Gasteiger partial charge in [0.05, 0.1) is 0 Å². The summed E-state index contributed by atoms with van der Waals surface area (Å²) in [7, 11) is 0. The molecule has 2 rings (SSSR count). The van der Waals surface area contributed by atoms with Crippen molar-refractivity contribution in [3.8, 4) is 5.75 Å². The van der Waals surface area contributed by atoms with Crippen molar-refractivity contribution < 1.29 is 13.9 Å². The Bertz CT molecular complexity index is 821. The van der Waals surface area contributed by atoms with Gasteiger partial charge in [0.2, 0.25) is 0 Å². The second-order valence-electron chi connectivity index (χ2n) is 5.68. The Kier molecular flexibility index (Phi) is 5.52.